The zero-order valence-corrected chi connectivity index (χ0v) is 46.1. The molecule has 0 radical (unpaired) electrons. The number of nitrogens with one attached hydrogen (secondary N) is 2. The Morgan fingerprint density at radius 1 is 0.649 bits per heavy atom. The van der Waals surface area contributed by atoms with Gasteiger partial charge in [0.05, 0.1) is 35.3 Å². The first-order valence-corrected chi connectivity index (χ1v) is 23.6. The van der Waals surface area contributed by atoms with Crippen molar-refractivity contribution in [3.8, 4) is 35.1 Å². The number of hydrogen-bond donors (Lipinski definition) is 6. The number of halogens is 1. The van der Waals surface area contributed by atoms with E-state index < -0.39 is 6.10 Å². The van der Waals surface area contributed by atoms with E-state index in [1.54, 1.807) is 6.20 Å². The summed E-state index contributed by atoms with van der Waals surface area (Å²) in [6.07, 6.45) is 2.30. The van der Waals surface area contributed by atoms with Gasteiger partial charge in [0.1, 0.15) is 35.6 Å². The predicted octanol–water partition coefficient (Wildman–Crippen LogP) is 10.5. The number of ether oxygens (including phenoxy) is 3. The molecule has 4 heterocycles. The van der Waals surface area contributed by atoms with Gasteiger partial charge in [0.2, 0.25) is 17.8 Å². The number of hydrogen-bond acceptors (Lipinski definition) is 17. The SMILES string of the molecule is CC(=N)N.Cc1ccc(O/C(C#N)=C/Nc2ccccc2)c(C(C)C)n1.Cc1ccc(OC(C#N)C(N(C)C)N(C)C)c(C(C)C)n1.Cc1ccc(Oc2cnc(N)nc2N)c(C(C)C)n1.Cl.Nc1ccccc1. The Labute approximate surface area is 444 Å². The number of nitrogens with zero attached hydrogens (tertiary/aromatic N) is 9. The van der Waals surface area contributed by atoms with Gasteiger partial charge >= 0.3 is 0 Å². The lowest BCUT2D eigenvalue weighted by Gasteiger charge is -2.34. The highest BCUT2D eigenvalue weighted by Gasteiger charge is 2.28. The van der Waals surface area contributed by atoms with Crippen LogP contribution in [0.4, 0.5) is 23.1 Å². The molecule has 1 unspecified atom stereocenters. The lowest BCUT2D eigenvalue weighted by Crippen LogP contribution is -2.50. The van der Waals surface area contributed by atoms with Crippen molar-refractivity contribution in [2.24, 2.45) is 5.73 Å². The second-order valence-electron chi connectivity index (χ2n) is 17.9. The summed E-state index contributed by atoms with van der Waals surface area (Å²) in [5.41, 5.74) is 28.4. The van der Waals surface area contributed by atoms with Gasteiger partial charge in [0, 0.05) is 28.5 Å². The van der Waals surface area contributed by atoms with Gasteiger partial charge in [-0.1, -0.05) is 77.9 Å². The Hall–Kier alpha value is -8.03. The summed E-state index contributed by atoms with van der Waals surface area (Å²) < 4.78 is 17.4. The van der Waals surface area contributed by atoms with Crippen LogP contribution in [0, 0.1) is 48.8 Å². The maximum Gasteiger partial charge on any atom is 0.222 e. The number of nitrogens with two attached hydrogens (primary N) is 4. The fraction of sp³-hybridized carbons (Fsp3) is 0.345. The van der Waals surface area contributed by atoms with Crippen molar-refractivity contribution < 1.29 is 14.2 Å². The third-order valence-electron chi connectivity index (χ3n) is 9.72. The number of aryl methyl sites for hydroxylation is 3. The van der Waals surface area contributed by atoms with Crippen LogP contribution in [-0.2, 0) is 0 Å². The molecule has 0 amide bonds. The molecule has 0 aliphatic carbocycles. The van der Waals surface area contributed by atoms with E-state index in [-0.39, 0.29) is 59.7 Å². The van der Waals surface area contributed by atoms with Crippen molar-refractivity contribution >= 4 is 41.4 Å². The molecule has 0 aliphatic heterocycles. The first-order valence-electron chi connectivity index (χ1n) is 23.6. The molecular weight excluding hydrogens is 954 g/mol. The van der Waals surface area contributed by atoms with Crippen LogP contribution in [0.15, 0.2) is 115 Å². The van der Waals surface area contributed by atoms with Crippen molar-refractivity contribution in [2.75, 3.05) is 50.7 Å². The monoisotopic (exact) mass is 1030 g/mol. The minimum absolute atomic E-state index is 0. The lowest BCUT2D eigenvalue weighted by molar-refractivity contribution is 0.0400. The van der Waals surface area contributed by atoms with Crippen LogP contribution in [0.25, 0.3) is 0 Å². The fourth-order valence-electron chi connectivity index (χ4n) is 6.43. The minimum atomic E-state index is -0.586. The molecule has 0 saturated carbocycles. The van der Waals surface area contributed by atoms with Crippen molar-refractivity contribution in [3.05, 3.63) is 149 Å². The number of amidine groups is 1. The van der Waals surface area contributed by atoms with Gasteiger partial charge < -0.3 is 42.5 Å². The lowest BCUT2D eigenvalue weighted by atomic mass is 10.1. The molecule has 18 nitrogen and oxygen atoms in total. The molecule has 6 rings (SSSR count). The first-order chi connectivity index (χ1) is 34.5. The highest BCUT2D eigenvalue weighted by Crippen LogP contribution is 2.32. The zero-order valence-electron chi connectivity index (χ0n) is 45.2. The molecule has 74 heavy (non-hydrogen) atoms. The average molecular weight is 1030 g/mol. The van der Waals surface area contributed by atoms with E-state index >= 15 is 0 Å². The molecule has 6 aromatic rings. The van der Waals surface area contributed by atoms with E-state index in [1.165, 1.54) is 13.1 Å². The van der Waals surface area contributed by atoms with Crippen molar-refractivity contribution in [1.29, 1.82) is 15.9 Å². The zero-order chi connectivity index (χ0) is 54.8. The Morgan fingerprint density at radius 3 is 1.49 bits per heavy atom. The van der Waals surface area contributed by atoms with E-state index in [4.69, 9.17) is 42.6 Å². The summed E-state index contributed by atoms with van der Waals surface area (Å²) in [6, 6.07) is 34.7. The van der Waals surface area contributed by atoms with Crippen LogP contribution in [0.3, 0.4) is 0 Å². The van der Waals surface area contributed by atoms with E-state index in [1.807, 2.05) is 170 Å². The molecule has 0 bridgehead atoms. The molecule has 396 valence electrons. The van der Waals surface area contributed by atoms with Crippen LogP contribution in [-0.4, -0.2) is 81.0 Å². The smallest absolute Gasteiger partial charge is 0.222 e. The molecule has 0 saturated heterocycles. The third kappa shape index (κ3) is 23.0. The van der Waals surface area contributed by atoms with Gasteiger partial charge in [0.15, 0.2) is 11.6 Å². The van der Waals surface area contributed by atoms with Gasteiger partial charge in [-0.3, -0.25) is 30.2 Å². The summed E-state index contributed by atoms with van der Waals surface area (Å²) in [7, 11) is 7.76. The molecule has 10 N–H and O–H groups in total. The molecule has 0 spiro atoms. The molecule has 1 atom stereocenters. The largest absolute Gasteiger partial charge is 0.471 e. The number of likely N-dealkylation sites (N-methyl/N-ethyl adjacent to an activating group) is 2. The highest BCUT2D eigenvalue weighted by atomic mass is 35.5. The van der Waals surface area contributed by atoms with Crippen LogP contribution in [0.1, 0.15) is 100 Å². The Bertz CT molecular complexity index is 2730. The van der Waals surface area contributed by atoms with E-state index in [9.17, 15) is 10.5 Å². The molecule has 0 fully saturated rings. The maximum atomic E-state index is 9.49. The number of para-hydroxylation sites is 2. The second-order valence-corrected chi connectivity index (χ2v) is 17.9. The Balaban J connectivity index is 0.000000499. The second kappa shape index (κ2) is 32.8. The Morgan fingerprint density at radius 2 is 1.08 bits per heavy atom. The number of aromatic nitrogens is 5. The summed E-state index contributed by atoms with van der Waals surface area (Å²) in [5, 5.41) is 28.1. The van der Waals surface area contributed by atoms with Crippen LogP contribution < -0.4 is 42.5 Å². The molecular formula is C55H76ClN15O3. The summed E-state index contributed by atoms with van der Waals surface area (Å²) in [4.78, 5) is 25.2. The number of rotatable bonds is 14. The number of nitriles is 2. The van der Waals surface area contributed by atoms with Crippen molar-refractivity contribution in [1.82, 2.24) is 34.7 Å². The van der Waals surface area contributed by atoms with Gasteiger partial charge in [0.25, 0.3) is 0 Å². The van der Waals surface area contributed by atoms with E-state index in [0.29, 0.717) is 23.0 Å². The molecule has 0 aliphatic rings. The Kier molecular flexibility index (Phi) is 28.4. The number of anilines is 4. The first kappa shape index (κ1) is 64.0. The molecule has 2 aromatic carbocycles. The summed E-state index contributed by atoms with van der Waals surface area (Å²) in [5.74, 6) is 3.73. The van der Waals surface area contributed by atoms with E-state index in [0.717, 1.165) is 45.5 Å². The summed E-state index contributed by atoms with van der Waals surface area (Å²) >= 11 is 0. The standard InChI is InChI=1S/C18H19N3O.C16H26N4O.C13H17N5O.C6H7N.C2H6N2.ClH/c1-13(2)18-17(10-9-14(3)21-18)22-16(11-19)12-20-15-7-5-4-6-8-15;1-11(2)15-13(9-8-12(3)18-15)21-14(10-17)16(19(4)5)20(6)7;1-7(2)11-9(5-4-8(3)17-11)19-10-6-16-13(15)18-12(10)14;7-6-4-2-1-3-5-6;1-2(3)4;/h4-10,12-13,20H,1-3H3;8-9,11,14,16H,1-7H3;4-7H,1-3H3,(H4,14,15,16,18);1-5H,7H2;1H3,(H3,3,4);1H/b16-12+;;;;;. The number of pyridine rings is 3. The topological polar surface area (TPSA) is 286 Å². The predicted molar refractivity (Wildman–Crippen MR) is 301 cm³/mol. The number of nitrogen functional groups attached to an aromatic ring is 3. The quantitative estimate of drug-likeness (QED) is 0.0148. The van der Waals surface area contributed by atoms with Gasteiger partial charge in [-0.15, -0.1) is 12.4 Å². The van der Waals surface area contributed by atoms with Gasteiger partial charge in [-0.25, -0.2) is 4.98 Å². The minimum Gasteiger partial charge on any atom is -0.471 e. The summed E-state index contributed by atoms with van der Waals surface area (Å²) in [6.45, 7) is 19.7. The van der Waals surface area contributed by atoms with Crippen LogP contribution >= 0.6 is 12.4 Å². The average Bonchev–Trinajstić information content (AvgIpc) is 3.33. The highest BCUT2D eigenvalue weighted by molar-refractivity contribution is 5.85. The van der Waals surface area contributed by atoms with Crippen LogP contribution in [0.2, 0.25) is 0 Å². The van der Waals surface area contributed by atoms with Crippen molar-refractivity contribution in [2.45, 2.75) is 99.3 Å². The molecule has 4 aromatic heterocycles. The number of allylic oxidation sites excluding steroid dienone is 1. The maximum absolute atomic E-state index is 9.49. The fourth-order valence-corrected chi connectivity index (χ4v) is 6.43. The third-order valence-corrected chi connectivity index (χ3v) is 9.72. The van der Waals surface area contributed by atoms with E-state index in [2.05, 4.69) is 70.1 Å². The normalized spacial score (nSPS) is 10.9. The van der Waals surface area contributed by atoms with Gasteiger partial charge in [-0.05, 0) is 134 Å². The number of benzene rings is 2. The van der Waals surface area contributed by atoms with Gasteiger partial charge in [-0.2, -0.15) is 15.5 Å². The van der Waals surface area contributed by atoms with Crippen molar-refractivity contribution in [3.63, 3.8) is 0 Å². The van der Waals surface area contributed by atoms with Crippen LogP contribution in [0.5, 0.6) is 23.0 Å². The molecule has 19 heteroatoms.